The monoisotopic (exact) mass is 708 g/mol. The Morgan fingerprint density at radius 1 is 0.922 bits per heavy atom. The van der Waals surface area contributed by atoms with E-state index >= 15 is 0 Å². The Hall–Kier alpha value is -4.19. The number of methoxy groups -OCH3 is 2. The van der Waals surface area contributed by atoms with Gasteiger partial charge in [0.1, 0.15) is 22.9 Å². The highest BCUT2D eigenvalue weighted by molar-refractivity contribution is 5.83. The largest absolute Gasteiger partial charge is 0.496 e. The fraction of sp³-hybridized carbons (Fsp3) is 0.500. The zero-order valence-electron chi connectivity index (χ0n) is 30.6. The molecular weight excluding hydrogens is 655 g/mol. The molecule has 2 atom stereocenters. The molecule has 1 aliphatic heterocycles. The topological polar surface area (TPSA) is 105 Å². The molecule has 0 aromatic heterocycles. The number of ether oxygens (including phenoxy) is 6. The van der Waals surface area contributed by atoms with E-state index in [0.29, 0.717) is 70.0 Å². The number of benzene rings is 3. The van der Waals surface area contributed by atoms with Crippen LogP contribution in [0.2, 0.25) is 0 Å². The summed E-state index contributed by atoms with van der Waals surface area (Å²) in [6.07, 6.45) is 1.62. The Bertz CT molecular complexity index is 1530. The van der Waals surface area contributed by atoms with Gasteiger partial charge in [-0.3, -0.25) is 4.79 Å². The van der Waals surface area contributed by atoms with Crippen LogP contribution in [0.4, 0.5) is 14.9 Å². The molecule has 2 unspecified atom stereocenters. The zero-order valence-corrected chi connectivity index (χ0v) is 30.6. The number of halogens is 1. The van der Waals surface area contributed by atoms with Crippen LogP contribution in [0.3, 0.4) is 0 Å². The second kappa shape index (κ2) is 20.0. The number of ketones is 1. The summed E-state index contributed by atoms with van der Waals surface area (Å²) in [5, 5.41) is 3.15. The summed E-state index contributed by atoms with van der Waals surface area (Å²) >= 11 is 0. The quantitative estimate of drug-likeness (QED) is 0.127. The lowest BCUT2D eigenvalue weighted by molar-refractivity contribution is -0.117. The molecule has 0 bridgehead atoms. The van der Waals surface area contributed by atoms with Gasteiger partial charge in [-0.2, -0.15) is 0 Å². The van der Waals surface area contributed by atoms with Crippen molar-refractivity contribution in [1.82, 2.24) is 4.90 Å². The summed E-state index contributed by atoms with van der Waals surface area (Å²) in [5.41, 5.74) is 2.63. The third kappa shape index (κ3) is 13.1. The van der Waals surface area contributed by atoms with E-state index in [1.54, 1.807) is 25.2 Å². The van der Waals surface area contributed by atoms with E-state index in [4.69, 9.17) is 28.4 Å². The molecule has 0 spiro atoms. The molecule has 51 heavy (non-hydrogen) atoms. The molecule has 1 amide bonds. The van der Waals surface area contributed by atoms with Gasteiger partial charge < -0.3 is 38.6 Å². The van der Waals surface area contributed by atoms with Crippen molar-refractivity contribution >= 4 is 17.6 Å². The fourth-order valence-corrected chi connectivity index (χ4v) is 5.87. The minimum absolute atomic E-state index is 0.0338. The molecular formula is C40H53FN2O8. The van der Waals surface area contributed by atoms with Crippen molar-refractivity contribution in [1.29, 1.82) is 0 Å². The van der Waals surface area contributed by atoms with Crippen LogP contribution in [-0.2, 0) is 37.0 Å². The van der Waals surface area contributed by atoms with E-state index in [-0.39, 0.29) is 24.9 Å². The summed E-state index contributed by atoms with van der Waals surface area (Å²) in [4.78, 5) is 27.1. The molecule has 1 saturated heterocycles. The van der Waals surface area contributed by atoms with Crippen LogP contribution in [0.15, 0.2) is 66.7 Å². The maximum absolute atomic E-state index is 14.4. The molecule has 1 fully saturated rings. The van der Waals surface area contributed by atoms with Crippen LogP contribution >= 0.6 is 0 Å². The molecule has 0 radical (unpaired) electrons. The van der Waals surface area contributed by atoms with Gasteiger partial charge in [-0.05, 0) is 75.6 Å². The predicted molar refractivity (Wildman–Crippen MR) is 194 cm³/mol. The van der Waals surface area contributed by atoms with Gasteiger partial charge in [0.2, 0.25) is 0 Å². The summed E-state index contributed by atoms with van der Waals surface area (Å²) in [6.45, 7) is 8.58. The molecule has 0 saturated carbocycles. The number of anilines is 1. The lowest BCUT2D eigenvalue weighted by Crippen LogP contribution is -2.48. The first-order valence-electron chi connectivity index (χ1n) is 17.6. The van der Waals surface area contributed by atoms with Gasteiger partial charge in [0.05, 0.1) is 52.7 Å². The van der Waals surface area contributed by atoms with Gasteiger partial charge in [-0.1, -0.05) is 30.3 Å². The van der Waals surface area contributed by atoms with Gasteiger partial charge in [0, 0.05) is 55.8 Å². The summed E-state index contributed by atoms with van der Waals surface area (Å²) in [6, 6.07) is 20.1. The standard InChI is InChI=1S/C40H53FN2O8/c1-40(2,3)51-39(45)43-20-19-35(29-13-16-34(17-14-29)49-23-9-22-48-27-30-10-6-7-12-37(30)47-5)38(26-43)50-28-31-24-32(41)15-18-36(31)42-25-33(44)11-8-21-46-4/h6-7,10,12-18,24,35,38,42H,8-9,11,19-23,25-28H2,1-5H3. The first-order chi connectivity index (χ1) is 24.6. The molecule has 3 aromatic carbocycles. The van der Waals surface area contributed by atoms with E-state index in [2.05, 4.69) is 5.32 Å². The van der Waals surface area contributed by atoms with Gasteiger partial charge in [0.15, 0.2) is 5.78 Å². The predicted octanol–water partition coefficient (Wildman–Crippen LogP) is 7.54. The van der Waals surface area contributed by atoms with Gasteiger partial charge in [-0.15, -0.1) is 0 Å². The maximum Gasteiger partial charge on any atom is 0.410 e. The Morgan fingerprint density at radius 3 is 2.45 bits per heavy atom. The van der Waals surface area contributed by atoms with Crippen LogP contribution < -0.4 is 14.8 Å². The SMILES string of the molecule is COCCCC(=O)CNc1ccc(F)cc1COC1CN(C(=O)OC(C)(C)C)CCC1c1ccc(OCCCOCc2ccccc2OC)cc1. The van der Waals surface area contributed by atoms with E-state index in [1.807, 2.05) is 69.3 Å². The number of rotatable bonds is 19. The number of nitrogens with zero attached hydrogens (tertiary/aromatic N) is 1. The van der Waals surface area contributed by atoms with Crippen molar-refractivity contribution in [3.05, 3.63) is 89.2 Å². The van der Waals surface area contributed by atoms with Crippen LogP contribution in [0.25, 0.3) is 0 Å². The number of hydrogen-bond acceptors (Lipinski definition) is 9. The Kier molecular flexibility index (Phi) is 15.5. The van der Waals surface area contributed by atoms with Gasteiger partial charge >= 0.3 is 6.09 Å². The number of hydrogen-bond donors (Lipinski definition) is 1. The normalized spacial score (nSPS) is 16.1. The third-order valence-corrected chi connectivity index (χ3v) is 8.47. The fourth-order valence-electron chi connectivity index (χ4n) is 5.87. The Labute approximate surface area is 301 Å². The Balaban J connectivity index is 1.37. The second-order valence-corrected chi connectivity index (χ2v) is 13.6. The molecule has 1 heterocycles. The average Bonchev–Trinajstić information content (AvgIpc) is 3.11. The van der Waals surface area contributed by atoms with Crippen LogP contribution in [-0.4, -0.2) is 82.2 Å². The highest BCUT2D eigenvalue weighted by Gasteiger charge is 2.35. The third-order valence-electron chi connectivity index (χ3n) is 8.47. The molecule has 0 aliphatic carbocycles. The summed E-state index contributed by atoms with van der Waals surface area (Å²) in [5.74, 6) is 1.16. The van der Waals surface area contributed by atoms with E-state index in [9.17, 15) is 14.0 Å². The first kappa shape index (κ1) is 39.6. The molecule has 1 aliphatic rings. The molecule has 1 N–H and O–H groups in total. The average molecular weight is 709 g/mol. The molecule has 10 nitrogen and oxygen atoms in total. The minimum Gasteiger partial charge on any atom is -0.496 e. The molecule has 278 valence electrons. The number of likely N-dealkylation sites (tertiary alicyclic amines) is 1. The lowest BCUT2D eigenvalue weighted by Gasteiger charge is -2.39. The highest BCUT2D eigenvalue weighted by Crippen LogP contribution is 2.33. The van der Waals surface area contributed by atoms with Crippen molar-refractivity contribution in [2.45, 2.75) is 77.3 Å². The number of nitrogens with one attached hydrogen (secondary N) is 1. The van der Waals surface area contributed by atoms with Crippen molar-refractivity contribution in [3.8, 4) is 11.5 Å². The lowest BCUT2D eigenvalue weighted by atomic mass is 9.87. The van der Waals surface area contributed by atoms with Crippen LogP contribution in [0.5, 0.6) is 11.5 Å². The number of amides is 1. The minimum atomic E-state index is -0.634. The van der Waals surface area contributed by atoms with E-state index in [0.717, 1.165) is 29.0 Å². The van der Waals surface area contributed by atoms with Crippen LogP contribution in [0.1, 0.15) is 69.1 Å². The van der Waals surface area contributed by atoms with Gasteiger partial charge in [0.25, 0.3) is 0 Å². The van der Waals surface area contributed by atoms with Gasteiger partial charge in [-0.25, -0.2) is 9.18 Å². The Morgan fingerprint density at radius 2 is 1.71 bits per heavy atom. The van der Waals surface area contributed by atoms with E-state index in [1.165, 1.54) is 12.1 Å². The zero-order chi connectivity index (χ0) is 36.6. The first-order valence-corrected chi connectivity index (χ1v) is 17.6. The van der Waals surface area contributed by atoms with Crippen LogP contribution in [0, 0.1) is 5.82 Å². The van der Waals surface area contributed by atoms with Crippen molar-refractivity contribution in [3.63, 3.8) is 0 Å². The number of Topliss-reactive ketones (excluding diaryl/α,β-unsaturated/α-hetero) is 1. The van der Waals surface area contributed by atoms with Crippen molar-refractivity contribution < 1.29 is 42.4 Å². The maximum atomic E-state index is 14.4. The smallest absolute Gasteiger partial charge is 0.410 e. The second-order valence-electron chi connectivity index (χ2n) is 13.6. The molecule has 4 rings (SSSR count). The number of carbonyl (C=O) groups excluding carboxylic acids is 2. The van der Waals surface area contributed by atoms with E-state index < -0.39 is 23.6 Å². The molecule has 3 aromatic rings. The summed E-state index contributed by atoms with van der Waals surface area (Å²) in [7, 11) is 3.25. The van der Waals surface area contributed by atoms with Crippen molar-refractivity contribution in [2.75, 3.05) is 59.0 Å². The highest BCUT2D eigenvalue weighted by atomic mass is 19.1. The number of piperidine rings is 1. The molecule has 11 heteroatoms. The van der Waals surface area contributed by atoms with Crippen molar-refractivity contribution in [2.24, 2.45) is 0 Å². The number of para-hydroxylation sites is 1. The summed E-state index contributed by atoms with van der Waals surface area (Å²) < 4.78 is 48.8. The number of carbonyl (C=O) groups is 2.